The van der Waals surface area contributed by atoms with Crippen LogP contribution in [-0.2, 0) is 20.9 Å². The lowest BCUT2D eigenvalue weighted by Gasteiger charge is -2.59. The zero-order valence-electron chi connectivity index (χ0n) is 42.5. The van der Waals surface area contributed by atoms with E-state index in [0.29, 0.717) is 42.4 Å². The molecule has 3 aromatic carbocycles. The van der Waals surface area contributed by atoms with E-state index in [0.717, 1.165) is 78.7 Å². The van der Waals surface area contributed by atoms with E-state index in [9.17, 15) is 10.2 Å². The van der Waals surface area contributed by atoms with Crippen LogP contribution in [0.4, 0.5) is 4.79 Å². The standard InChI is InChI=1S/C58H80N2O10/c1-6-9-10-11-12-13-14-15-16-21-33-64-57(63)60(39-43-25-28-52-53(35-43)66-40-65-52)54-38-50(59-68-8-3)48-36-44(22-17-19-30-61)47(23-18-20-31-62)55-49-37-46(69-45-26-24-41(4)42(5)34-45)27-29-51(49)70-58(54,56(48)55)67-32-7-2/h7,24-29,34-37,44,47,54-56,61-62H,2,6,8-23,30-33,38-40H2,1,3-5H3/t44-,47+,54-,55+,56+,58+/m0/s1. The summed E-state index contributed by atoms with van der Waals surface area (Å²) in [5.41, 5.74) is 5.85. The highest BCUT2D eigenvalue weighted by Gasteiger charge is 2.65. The van der Waals surface area contributed by atoms with Gasteiger partial charge >= 0.3 is 6.09 Å². The molecule has 0 radical (unpaired) electrons. The Morgan fingerprint density at radius 2 is 1.51 bits per heavy atom. The van der Waals surface area contributed by atoms with Crippen molar-refractivity contribution in [2.75, 3.05) is 39.8 Å². The number of allylic oxidation sites excluding steroid dienone is 1. The van der Waals surface area contributed by atoms with Crippen LogP contribution in [0.25, 0.3) is 0 Å². The van der Waals surface area contributed by atoms with Gasteiger partial charge in [0.2, 0.25) is 12.6 Å². The Hall–Kier alpha value is -5.04. The Labute approximate surface area is 417 Å². The van der Waals surface area contributed by atoms with Crippen LogP contribution < -0.4 is 18.9 Å². The first-order valence-electron chi connectivity index (χ1n) is 26.5. The minimum absolute atomic E-state index is 0.0583. The van der Waals surface area contributed by atoms with Gasteiger partial charge in [0.05, 0.1) is 24.8 Å². The molecule has 12 heteroatoms. The number of hydrogen-bond donors (Lipinski definition) is 2. The summed E-state index contributed by atoms with van der Waals surface area (Å²) in [7, 11) is 0. The molecule has 2 N–H and O–H groups in total. The van der Waals surface area contributed by atoms with Crippen LogP contribution in [-0.4, -0.2) is 78.6 Å². The molecular weight excluding hydrogens is 885 g/mol. The van der Waals surface area contributed by atoms with Gasteiger partial charge in [0.15, 0.2) is 11.5 Å². The molecule has 6 atom stereocenters. The molecular formula is C58H80N2O10. The molecule has 1 amide bonds. The first-order chi connectivity index (χ1) is 34.2. The highest BCUT2D eigenvalue weighted by atomic mass is 16.7. The average molecular weight is 965 g/mol. The largest absolute Gasteiger partial charge is 0.459 e. The Morgan fingerprint density at radius 3 is 2.24 bits per heavy atom. The number of benzene rings is 3. The van der Waals surface area contributed by atoms with E-state index in [1.165, 1.54) is 50.5 Å². The predicted octanol–water partition coefficient (Wildman–Crippen LogP) is 13.0. The van der Waals surface area contributed by atoms with Crippen molar-refractivity contribution in [1.82, 2.24) is 4.90 Å². The second-order valence-electron chi connectivity index (χ2n) is 19.7. The molecule has 1 saturated carbocycles. The smallest absolute Gasteiger partial charge is 0.410 e. The summed E-state index contributed by atoms with van der Waals surface area (Å²) in [5.74, 6) is 1.37. The number of ether oxygens (including phenoxy) is 6. The summed E-state index contributed by atoms with van der Waals surface area (Å²) < 4.78 is 39.2. The monoisotopic (exact) mass is 965 g/mol. The second-order valence-corrected chi connectivity index (χ2v) is 19.7. The number of rotatable bonds is 29. The van der Waals surface area contributed by atoms with Crippen LogP contribution in [0.2, 0.25) is 0 Å². The molecule has 0 saturated heterocycles. The highest BCUT2D eigenvalue weighted by molar-refractivity contribution is 6.03. The van der Waals surface area contributed by atoms with E-state index in [-0.39, 0.29) is 63.9 Å². The van der Waals surface area contributed by atoms with Crippen molar-refractivity contribution in [3.05, 3.63) is 101 Å². The number of oxime groups is 1. The molecule has 1 fully saturated rings. The minimum Gasteiger partial charge on any atom is -0.459 e. The average Bonchev–Trinajstić information content (AvgIpc) is 3.84. The van der Waals surface area contributed by atoms with E-state index in [4.69, 9.17) is 38.4 Å². The Morgan fingerprint density at radius 1 is 0.814 bits per heavy atom. The molecule has 4 aliphatic rings. The van der Waals surface area contributed by atoms with Crippen molar-refractivity contribution in [2.45, 2.75) is 161 Å². The fourth-order valence-electron chi connectivity index (χ4n) is 11.1. The maximum Gasteiger partial charge on any atom is 0.410 e. The fourth-order valence-corrected chi connectivity index (χ4v) is 11.1. The summed E-state index contributed by atoms with van der Waals surface area (Å²) in [6.45, 7) is 13.7. The summed E-state index contributed by atoms with van der Waals surface area (Å²) in [4.78, 5) is 22.9. The number of amides is 1. The van der Waals surface area contributed by atoms with Crippen molar-refractivity contribution >= 4 is 11.8 Å². The van der Waals surface area contributed by atoms with Gasteiger partial charge in [-0.15, -0.1) is 6.58 Å². The van der Waals surface area contributed by atoms with Gasteiger partial charge < -0.3 is 43.5 Å². The molecule has 2 heterocycles. The van der Waals surface area contributed by atoms with Crippen LogP contribution in [0.5, 0.6) is 28.7 Å². The van der Waals surface area contributed by atoms with E-state index < -0.39 is 23.8 Å². The third kappa shape index (κ3) is 12.9. The molecule has 2 aliphatic heterocycles. The Kier molecular flexibility index (Phi) is 19.9. The van der Waals surface area contributed by atoms with Crippen LogP contribution >= 0.6 is 0 Å². The third-order valence-electron chi connectivity index (χ3n) is 14.8. The first-order valence-corrected chi connectivity index (χ1v) is 26.5. The van der Waals surface area contributed by atoms with Gasteiger partial charge in [-0.25, -0.2) is 4.79 Å². The SMILES string of the molecule is C=CCO[C@@]12Oc3ccc(Oc4ccc(C)c(C)c4)cc3[C@H]3[C@H](CCCCO)[C@@H](CCCCO)C=C(C(=NOCC)C[C@@H]1N(Cc1ccc4c(c1)OCO4)C(=O)OCCCCCCCCCCCC)[C@H]32. The predicted molar refractivity (Wildman–Crippen MR) is 274 cm³/mol. The zero-order valence-corrected chi connectivity index (χ0v) is 42.5. The van der Waals surface area contributed by atoms with Gasteiger partial charge in [-0.1, -0.05) is 107 Å². The van der Waals surface area contributed by atoms with Gasteiger partial charge in [0.1, 0.15) is 29.9 Å². The molecule has 0 aromatic heterocycles. The number of nitrogens with zero attached hydrogens (tertiary/aromatic N) is 2. The van der Waals surface area contributed by atoms with E-state index >= 15 is 4.79 Å². The summed E-state index contributed by atoms with van der Waals surface area (Å²) >= 11 is 0. The van der Waals surface area contributed by atoms with E-state index in [1.807, 2.05) is 43.3 Å². The summed E-state index contributed by atoms with van der Waals surface area (Å²) in [6, 6.07) is 17.2. The lowest BCUT2D eigenvalue weighted by molar-refractivity contribution is -0.256. The molecule has 382 valence electrons. The van der Waals surface area contributed by atoms with Crippen molar-refractivity contribution in [1.29, 1.82) is 0 Å². The number of aliphatic hydroxyl groups excluding tert-OH is 2. The number of hydrogen-bond acceptors (Lipinski definition) is 11. The molecule has 0 bridgehead atoms. The number of carbonyl (C=O) groups excluding carboxylic acids is 1. The van der Waals surface area contributed by atoms with Gasteiger partial charge in [0, 0.05) is 37.7 Å². The number of aliphatic hydroxyl groups is 2. The summed E-state index contributed by atoms with van der Waals surface area (Å²) in [6.07, 6.45) is 20.3. The topological polar surface area (TPSA) is 138 Å². The molecule has 3 aromatic rings. The number of unbranched alkanes of at least 4 members (excludes halogenated alkanes) is 11. The van der Waals surface area contributed by atoms with Crippen LogP contribution in [0.3, 0.4) is 0 Å². The van der Waals surface area contributed by atoms with Crippen LogP contribution in [0, 0.1) is 31.6 Å². The lowest BCUT2D eigenvalue weighted by atomic mass is 9.55. The quantitative estimate of drug-likeness (QED) is 0.0393. The third-order valence-corrected chi connectivity index (χ3v) is 14.8. The fraction of sp³-hybridized carbons (Fsp3) is 0.586. The Balaban J connectivity index is 1.32. The molecule has 70 heavy (non-hydrogen) atoms. The van der Waals surface area contributed by atoms with E-state index in [1.54, 1.807) is 11.0 Å². The maximum atomic E-state index is 15.1. The molecule has 0 unspecified atom stereocenters. The molecule has 7 rings (SSSR count). The zero-order chi connectivity index (χ0) is 49.3. The molecule has 0 spiro atoms. The molecule has 2 aliphatic carbocycles. The van der Waals surface area contributed by atoms with Gasteiger partial charge in [0.25, 0.3) is 0 Å². The first kappa shape index (κ1) is 52.8. The van der Waals surface area contributed by atoms with Gasteiger partial charge in [-0.2, -0.15) is 0 Å². The summed E-state index contributed by atoms with van der Waals surface area (Å²) in [5, 5.41) is 25.0. The van der Waals surface area contributed by atoms with Crippen LogP contribution in [0.15, 0.2) is 84.1 Å². The van der Waals surface area contributed by atoms with Crippen molar-refractivity contribution in [3.8, 4) is 28.7 Å². The van der Waals surface area contributed by atoms with E-state index in [2.05, 4.69) is 51.6 Å². The number of carbonyl (C=O) groups is 1. The second kappa shape index (κ2) is 26.4. The maximum absolute atomic E-state index is 15.1. The molecule has 12 nitrogen and oxygen atoms in total. The highest BCUT2D eigenvalue weighted by Crippen LogP contribution is 2.62. The van der Waals surface area contributed by atoms with Gasteiger partial charge in [-0.05, 0) is 129 Å². The Bertz CT molecular complexity index is 2220. The number of aryl methyl sites for hydroxylation is 2. The number of fused-ring (bicyclic) bond motifs is 3. The van der Waals surface area contributed by atoms with Crippen molar-refractivity contribution in [2.24, 2.45) is 22.9 Å². The van der Waals surface area contributed by atoms with Gasteiger partial charge in [-0.3, -0.25) is 4.90 Å². The normalized spacial score (nSPS) is 22.4. The lowest BCUT2D eigenvalue weighted by Crippen LogP contribution is -2.70. The van der Waals surface area contributed by atoms with Crippen molar-refractivity contribution in [3.63, 3.8) is 0 Å². The van der Waals surface area contributed by atoms with Crippen LogP contribution in [0.1, 0.15) is 151 Å². The van der Waals surface area contributed by atoms with Crippen molar-refractivity contribution < 1.29 is 48.3 Å². The minimum atomic E-state index is -1.45.